The van der Waals surface area contributed by atoms with Crippen LogP contribution in [0.25, 0.3) is 33.6 Å². The molecule has 7 atom stereocenters. The first kappa shape index (κ1) is 43.3. The second-order valence-corrected chi connectivity index (χ2v) is 19.8. The molecule has 3 aliphatic carbocycles. The molecule has 328 valence electrons. The van der Waals surface area contributed by atoms with E-state index in [0.29, 0.717) is 77.4 Å². The summed E-state index contributed by atoms with van der Waals surface area (Å²) >= 11 is 0. The molecule has 3 fully saturated rings. The number of hydrogen-bond donors (Lipinski definition) is 0. The number of furan rings is 1. The second kappa shape index (κ2) is 18.6. The number of aromatic nitrogens is 3. The van der Waals surface area contributed by atoms with Crippen molar-refractivity contribution in [1.29, 1.82) is 0 Å². The predicted octanol–water partition coefficient (Wildman–Crippen LogP) is 11.7. The lowest BCUT2D eigenvalue weighted by atomic mass is 9.58. The van der Waals surface area contributed by atoms with Crippen molar-refractivity contribution < 1.29 is 28.2 Å². The fraction of sp³-hybridized carbons (Fsp3) is 0.627. The number of anilines is 1. The molecule has 1 saturated heterocycles. The Morgan fingerprint density at radius 2 is 1.75 bits per heavy atom. The Morgan fingerprint density at radius 1 is 0.934 bits per heavy atom. The van der Waals surface area contributed by atoms with Crippen molar-refractivity contribution in [2.75, 3.05) is 31.2 Å². The van der Waals surface area contributed by atoms with Gasteiger partial charge in [-0.25, -0.2) is 15.0 Å². The van der Waals surface area contributed by atoms with Crippen LogP contribution in [0.15, 0.2) is 58.7 Å². The van der Waals surface area contributed by atoms with Crippen molar-refractivity contribution in [3.05, 3.63) is 54.2 Å². The Balaban J connectivity index is 0.871. The third-order valence-corrected chi connectivity index (χ3v) is 15.5. The quantitative estimate of drug-likeness (QED) is 0.0776. The number of morpholine rings is 1. The summed E-state index contributed by atoms with van der Waals surface area (Å²) in [5.74, 6) is 4.46. The largest absolute Gasteiger partial charge is 0.462 e. The van der Waals surface area contributed by atoms with E-state index in [4.69, 9.17) is 28.6 Å². The van der Waals surface area contributed by atoms with E-state index in [9.17, 15) is 9.59 Å². The molecule has 0 N–H and O–H groups in total. The van der Waals surface area contributed by atoms with Crippen molar-refractivity contribution >= 4 is 40.0 Å². The highest BCUT2D eigenvalue weighted by Crippen LogP contribution is 2.58. The smallest absolute Gasteiger partial charge is 0.311 e. The van der Waals surface area contributed by atoms with E-state index in [2.05, 4.69) is 57.5 Å². The number of carbonyl (C=O) groups is 2. The molecule has 0 amide bonds. The molecule has 2 saturated carbocycles. The van der Waals surface area contributed by atoms with Crippen molar-refractivity contribution in [1.82, 2.24) is 15.0 Å². The van der Waals surface area contributed by atoms with E-state index in [1.165, 1.54) is 56.9 Å². The molecule has 0 spiro atoms. The van der Waals surface area contributed by atoms with E-state index >= 15 is 0 Å². The Labute approximate surface area is 362 Å². The highest BCUT2D eigenvalue weighted by atomic mass is 16.5. The average molecular weight is 833 g/mol. The van der Waals surface area contributed by atoms with Gasteiger partial charge in [-0.1, -0.05) is 84.6 Å². The second-order valence-electron chi connectivity index (χ2n) is 19.8. The van der Waals surface area contributed by atoms with Crippen LogP contribution in [0.5, 0.6) is 5.75 Å². The number of esters is 2. The molecule has 0 bridgehead atoms. The fourth-order valence-electron chi connectivity index (χ4n) is 11.6. The summed E-state index contributed by atoms with van der Waals surface area (Å²) in [6.45, 7) is 17.4. The zero-order chi connectivity index (χ0) is 42.7. The van der Waals surface area contributed by atoms with E-state index < -0.39 is 5.97 Å². The molecular formula is C51H68N4O6. The molecule has 4 aliphatic rings. The van der Waals surface area contributed by atoms with Gasteiger partial charge in [0.05, 0.1) is 31.4 Å². The van der Waals surface area contributed by atoms with Gasteiger partial charge in [0.25, 0.3) is 0 Å². The molecule has 1 aromatic carbocycles. The first-order chi connectivity index (χ1) is 29.4. The molecule has 4 heterocycles. The Kier molecular flexibility index (Phi) is 13.2. The summed E-state index contributed by atoms with van der Waals surface area (Å²) in [5, 5.41) is 0.802. The Hall–Kier alpha value is -4.31. The van der Waals surface area contributed by atoms with Crippen LogP contribution < -0.4 is 9.64 Å². The molecule has 3 aromatic heterocycles. The van der Waals surface area contributed by atoms with Gasteiger partial charge in [0.2, 0.25) is 5.71 Å². The van der Waals surface area contributed by atoms with Gasteiger partial charge in [-0.15, -0.1) is 0 Å². The number of ether oxygens (including phenoxy) is 3. The van der Waals surface area contributed by atoms with Crippen molar-refractivity contribution in [2.45, 2.75) is 138 Å². The molecule has 61 heavy (non-hydrogen) atoms. The van der Waals surface area contributed by atoms with Crippen LogP contribution >= 0.6 is 0 Å². The molecule has 8 rings (SSSR count). The summed E-state index contributed by atoms with van der Waals surface area (Å²) in [7, 11) is 0. The number of allylic oxidation sites excluding steroid dienone is 1. The summed E-state index contributed by atoms with van der Waals surface area (Å²) < 4.78 is 23.6. The van der Waals surface area contributed by atoms with Crippen molar-refractivity contribution in [3.63, 3.8) is 0 Å². The van der Waals surface area contributed by atoms with Crippen molar-refractivity contribution in [2.24, 2.45) is 40.4 Å². The normalized spacial score (nSPS) is 28.5. The maximum atomic E-state index is 13.2. The molecule has 10 nitrogen and oxygen atoms in total. The van der Waals surface area contributed by atoms with Crippen LogP contribution in [0.4, 0.5) is 5.82 Å². The van der Waals surface area contributed by atoms with Crippen LogP contribution in [0.3, 0.4) is 0 Å². The summed E-state index contributed by atoms with van der Waals surface area (Å²) in [6.07, 6.45) is 18.4. The van der Waals surface area contributed by atoms with Gasteiger partial charge in [0, 0.05) is 31.3 Å². The number of fused-ring (bicyclic) bond motifs is 5. The Bertz CT molecular complexity index is 2210. The third kappa shape index (κ3) is 9.40. The van der Waals surface area contributed by atoms with E-state index in [1.807, 2.05) is 24.3 Å². The number of rotatable bonds is 12. The van der Waals surface area contributed by atoms with Crippen molar-refractivity contribution in [3.8, 4) is 17.1 Å². The lowest BCUT2D eigenvalue weighted by Gasteiger charge is -2.47. The topological polar surface area (TPSA) is 117 Å². The van der Waals surface area contributed by atoms with Gasteiger partial charge < -0.3 is 23.5 Å². The van der Waals surface area contributed by atoms with Crippen LogP contribution in [0.1, 0.15) is 131 Å². The average Bonchev–Trinajstić information content (AvgIpc) is 3.80. The van der Waals surface area contributed by atoms with Gasteiger partial charge in [-0.3, -0.25) is 9.59 Å². The minimum absolute atomic E-state index is 0.0245. The van der Waals surface area contributed by atoms with E-state index in [-0.39, 0.29) is 30.3 Å². The first-order valence-corrected chi connectivity index (χ1v) is 23.5. The minimum Gasteiger partial charge on any atom is -0.462 e. The maximum absolute atomic E-state index is 13.2. The highest BCUT2D eigenvalue weighted by molar-refractivity contribution is 6.05. The summed E-state index contributed by atoms with van der Waals surface area (Å²) in [5.41, 5.74) is 4.46. The van der Waals surface area contributed by atoms with Crippen LogP contribution in [-0.2, 0) is 19.1 Å². The van der Waals surface area contributed by atoms with Crippen LogP contribution in [-0.4, -0.2) is 59.3 Å². The molecule has 1 unspecified atom stereocenters. The van der Waals surface area contributed by atoms with Gasteiger partial charge >= 0.3 is 11.9 Å². The standard InChI is InChI=1S/C51H68N4O6/c1-33(2)11-7-12-34(3)42-19-18-37-14-9-15-38-32-40(23-25-50(38,5)35(4)22-24-51(37,42)6)60-44(57)21-20-43(56)59-39-16-8-13-36(31-39)47-53-45-41-17-10-26-52-49(41)61-46(45)48(54-47)55-27-29-58-30-28-55/h8,10,13,15-17,26,31,33-35,37,40,42H,7,9,11-12,14,18-25,27-30,32H2,1-6H3/b38-15-/t34-,35-,37-,40?,42-,50-,51+/m1/s1. The third-order valence-electron chi connectivity index (χ3n) is 15.5. The molecular weight excluding hydrogens is 765 g/mol. The molecule has 1 aliphatic heterocycles. The maximum Gasteiger partial charge on any atom is 0.311 e. The highest BCUT2D eigenvalue weighted by Gasteiger charge is 2.49. The summed E-state index contributed by atoms with van der Waals surface area (Å²) in [4.78, 5) is 42.7. The van der Waals surface area contributed by atoms with Gasteiger partial charge in [0.1, 0.15) is 17.4 Å². The number of nitrogens with zero attached hydrogens (tertiary/aromatic N) is 4. The summed E-state index contributed by atoms with van der Waals surface area (Å²) in [6, 6.07) is 11.0. The SMILES string of the molecule is CC(C)CCC[C@@H](C)[C@H]1CC[C@H]2CC/C=C3/CC(OC(=O)CCC(=O)Oc4cccc(-c5nc(N6CCOCC6)c6oc7ncccc7c6n5)c4)CC[C@]3(C)[C@H](C)CC[C@@]21C. The number of carbonyl (C=O) groups excluding carboxylic acids is 2. The minimum atomic E-state index is -0.488. The number of hydrogen-bond acceptors (Lipinski definition) is 10. The van der Waals surface area contributed by atoms with Gasteiger partial charge in [-0.05, 0) is 116 Å². The fourth-order valence-corrected chi connectivity index (χ4v) is 11.6. The predicted molar refractivity (Wildman–Crippen MR) is 240 cm³/mol. The van der Waals surface area contributed by atoms with Gasteiger partial charge in [0.15, 0.2) is 17.2 Å². The number of pyridine rings is 1. The first-order valence-electron chi connectivity index (χ1n) is 23.5. The van der Waals surface area contributed by atoms with E-state index in [0.717, 1.165) is 54.7 Å². The lowest BCUT2D eigenvalue weighted by Crippen LogP contribution is -2.39. The van der Waals surface area contributed by atoms with Crippen LogP contribution in [0.2, 0.25) is 0 Å². The zero-order valence-electron chi connectivity index (χ0n) is 37.5. The monoisotopic (exact) mass is 833 g/mol. The van der Waals surface area contributed by atoms with Gasteiger partial charge in [-0.2, -0.15) is 0 Å². The zero-order valence-corrected chi connectivity index (χ0v) is 37.5. The Morgan fingerprint density at radius 3 is 2.57 bits per heavy atom. The number of benzene rings is 1. The van der Waals surface area contributed by atoms with Crippen LogP contribution in [0, 0.1) is 40.4 Å². The lowest BCUT2D eigenvalue weighted by molar-refractivity contribution is -0.153. The molecule has 4 aromatic rings. The van der Waals surface area contributed by atoms with E-state index in [1.54, 1.807) is 18.3 Å². The molecule has 0 radical (unpaired) electrons. The molecule has 10 heteroatoms.